The van der Waals surface area contributed by atoms with Crippen LogP contribution in [0.3, 0.4) is 0 Å². The summed E-state index contributed by atoms with van der Waals surface area (Å²) in [7, 11) is 1.52. The van der Waals surface area contributed by atoms with Gasteiger partial charge in [0.1, 0.15) is 5.75 Å². The lowest BCUT2D eigenvalue weighted by atomic mass is 9.87. The van der Waals surface area contributed by atoms with Crippen LogP contribution in [0.4, 0.5) is 8.78 Å². The van der Waals surface area contributed by atoms with Crippen LogP contribution >= 0.6 is 0 Å². The molecule has 0 aliphatic heterocycles. The lowest BCUT2D eigenvalue weighted by Gasteiger charge is -2.27. The Morgan fingerprint density at radius 1 is 1.50 bits per heavy atom. The first-order valence-corrected chi connectivity index (χ1v) is 7.65. The van der Waals surface area contributed by atoms with Crippen LogP contribution in [-0.2, 0) is 16.0 Å². The molecule has 0 heterocycles. The highest BCUT2D eigenvalue weighted by Gasteiger charge is 2.23. The summed E-state index contributed by atoms with van der Waals surface area (Å²) >= 11 is 0. The molecule has 2 amide bonds. The van der Waals surface area contributed by atoms with Gasteiger partial charge in [0.15, 0.2) is 0 Å². The Bertz CT molecular complexity index is 634. The normalized spacial score (nSPS) is 16.2. The number of carbonyl (C=O) groups excluding carboxylic acids is 2. The average Bonchev–Trinajstić information content (AvgIpc) is 2.53. The van der Waals surface area contributed by atoms with Gasteiger partial charge >= 0.3 is 6.61 Å². The Labute approximate surface area is 139 Å². The number of amides is 2. The summed E-state index contributed by atoms with van der Waals surface area (Å²) in [6.07, 6.45) is 3.48. The van der Waals surface area contributed by atoms with Gasteiger partial charge in [-0.2, -0.15) is 8.78 Å². The average molecular weight is 338 g/mol. The predicted molar refractivity (Wildman–Crippen MR) is 84.7 cm³/mol. The maximum Gasteiger partial charge on any atom is 0.387 e. The molecule has 2 rings (SSSR count). The summed E-state index contributed by atoms with van der Waals surface area (Å²) in [5.74, 6) is -0.492. The molecule has 0 aromatic heterocycles. The van der Waals surface area contributed by atoms with Gasteiger partial charge in [-0.3, -0.25) is 9.59 Å². The monoisotopic (exact) mass is 338 g/mol. The highest BCUT2D eigenvalue weighted by atomic mass is 19.3. The van der Waals surface area contributed by atoms with Crippen LogP contribution in [0.2, 0.25) is 0 Å². The van der Waals surface area contributed by atoms with E-state index in [9.17, 15) is 18.4 Å². The second kappa shape index (κ2) is 7.90. The van der Waals surface area contributed by atoms with E-state index < -0.39 is 6.61 Å². The van der Waals surface area contributed by atoms with E-state index in [4.69, 9.17) is 0 Å². The van der Waals surface area contributed by atoms with Gasteiger partial charge in [0.05, 0.1) is 12.6 Å². The van der Waals surface area contributed by atoms with Crippen molar-refractivity contribution in [1.29, 1.82) is 0 Å². The molecule has 0 saturated heterocycles. The number of halogens is 2. The topological polar surface area (TPSA) is 58.6 Å². The third-order valence-electron chi connectivity index (χ3n) is 3.92. The number of aryl methyl sites for hydroxylation is 1. The van der Waals surface area contributed by atoms with Crippen LogP contribution in [0.1, 0.15) is 30.0 Å². The molecule has 130 valence electrons. The molecule has 0 radical (unpaired) electrons. The van der Waals surface area contributed by atoms with Crippen LogP contribution in [0.15, 0.2) is 30.9 Å². The zero-order chi connectivity index (χ0) is 17.7. The molecule has 1 atom stereocenters. The largest absolute Gasteiger partial charge is 0.435 e. The predicted octanol–water partition coefficient (Wildman–Crippen LogP) is 2.43. The molecule has 24 heavy (non-hydrogen) atoms. The molecule has 1 unspecified atom stereocenters. The molecule has 0 bridgehead atoms. The van der Waals surface area contributed by atoms with E-state index in [1.165, 1.54) is 18.0 Å². The lowest BCUT2D eigenvalue weighted by Crippen LogP contribution is -2.40. The smallest absolute Gasteiger partial charge is 0.387 e. The van der Waals surface area contributed by atoms with E-state index in [0.29, 0.717) is 0 Å². The number of rotatable bonds is 6. The van der Waals surface area contributed by atoms with E-state index in [2.05, 4.69) is 16.6 Å². The van der Waals surface area contributed by atoms with Gasteiger partial charge in [-0.25, -0.2) is 0 Å². The molecule has 0 saturated carbocycles. The summed E-state index contributed by atoms with van der Waals surface area (Å²) in [5, 5.41) is 2.89. The number of hydrogen-bond donors (Lipinski definition) is 1. The zero-order valence-corrected chi connectivity index (χ0v) is 13.4. The summed E-state index contributed by atoms with van der Waals surface area (Å²) in [4.78, 5) is 24.8. The van der Waals surface area contributed by atoms with Crippen LogP contribution in [0.25, 0.3) is 0 Å². The maximum absolute atomic E-state index is 12.3. The SMILES string of the molecule is C=CC(=O)N(C)CC(=O)NC1CCCc2cc(OC(F)F)ccc21. The van der Waals surface area contributed by atoms with Crippen molar-refractivity contribution in [2.24, 2.45) is 0 Å². The molecule has 1 aliphatic carbocycles. The summed E-state index contributed by atoms with van der Waals surface area (Å²) in [6, 6.07) is 4.57. The minimum absolute atomic E-state index is 0.0662. The molecular formula is C17H20F2N2O3. The fourth-order valence-electron chi connectivity index (χ4n) is 2.81. The number of benzene rings is 1. The summed E-state index contributed by atoms with van der Waals surface area (Å²) < 4.78 is 29.0. The van der Waals surface area contributed by atoms with Crippen LogP contribution in [0.5, 0.6) is 5.75 Å². The fraction of sp³-hybridized carbons (Fsp3) is 0.412. The van der Waals surface area contributed by atoms with Crippen molar-refractivity contribution < 1.29 is 23.1 Å². The third kappa shape index (κ3) is 4.53. The Morgan fingerprint density at radius 2 is 2.25 bits per heavy atom. The van der Waals surface area contributed by atoms with Gasteiger partial charge < -0.3 is 15.0 Å². The molecular weight excluding hydrogens is 318 g/mol. The molecule has 7 heteroatoms. The number of ether oxygens (including phenoxy) is 1. The summed E-state index contributed by atoms with van der Waals surface area (Å²) in [6.45, 7) is 0.448. The number of likely N-dealkylation sites (N-methyl/N-ethyl adjacent to an activating group) is 1. The van der Waals surface area contributed by atoms with Crippen molar-refractivity contribution in [3.8, 4) is 5.75 Å². The van der Waals surface area contributed by atoms with Gasteiger partial charge in [0, 0.05) is 7.05 Å². The van der Waals surface area contributed by atoms with Crippen LogP contribution in [-0.4, -0.2) is 36.9 Å². The maximum atomic E-state index is 12.3. The number of alkyl halides is 2. The van der Waals surface area contributed by atoms with E-state index in [0.717, 1.165) is 36.5 Å². The molecule has 1 N–H and O–H groups in total. The number of nitrogens with one attached hydrogen (secondary N) is 1. The van der Waals surface area contributed by atoms with Gasteiger partial charge in [0.2, 0.25) is 11.8 Å². The van der Waals surface area contributed by atoms with E-state index in [1.54, 1.807) is 12.1 Å². The fourth-order valence-corrected chi connectivity index (χ4v) is 2.81. The third-order valence-corrected chi connectivity index (χ3v) is 3.92. The van der Waals surface area contributed by atoms with Crippen molar-refractivity contribution in [3.05, 3.63) is 42.0 Å². The van der Waals surface area contributed by atoms with Gasteiger partial charge in [-0.15, -0.1) is 0 Å². The second-order valence-electron chi connectivity index (χ2n) is 5.65. The zero-order valence-electron chi connectivity index (χ0n) is 13.4. The number of fused-ring (bicyclic) bond motifs is 1. The first kappa shape index (κ1) is 17.9. The van der Waals surface area contributed by atoms with Gasteiger partial charge in [-0.1, -0.05) is 12.6 Å². The number of nitrogens with zero attached hydrogens (tertiary/aromatic N) is 1. The van der Waals surface area contributed by atoms with Crippen molar-refractivity contribution in [2.75, 3.05) is 13.6 Å². The second-order valence-corrected chi connectivity index (χ2v) is 5.65. The van der Waals surface area contributed by atoms with Crippen molar-refractivity contribution >= 4 is 11.8 Å². The lowest BCUT2D eigenvalue weighted by molar-refractivity contribution is -0.131. The van der Waals surface area contributed by atoms with E-state index in [1.807, 2.05) is 0 Å². The van der Waals surface area contributed by atoms with E-state index >= 15 is 0 Å². The molecule has 1 aliphatic rings. The van der Waals surface area contributed by atoms with Gasteiger partial charge in [0.25, 0.3) is 0 Å². The van der Waals surface area contributed by atoms with E-state index in [-0.39, 0.29) is 30.2 Å². The quantitative estimate of drug-likeness (QED) is 0.811. The Hall–Kier alpha value is -2.44. The van der Waals surface area contributed by atoms with Crippen molar-refractivity contribution in [3.63, 3.8) is 0 Å². The number of hydrogen-bond acceptors (Lipinski definition) is 3. The standard InChI is InChI=1S/C17H20F2N2O3/c1-3-16(23)21(2)10-15(22)20-14-6-4-5-11-9-12(24-17(18)19)7-8-13(11)14/h3,7-9,14,17H,1,4-6,10H2,2H3,(H,20,22). The minimum Gasteiger partial charge on any atom is -0.435 e. The van der Waals surface area contributed by atoms with Crippen LogP contribution < -0.4 is 10.1 Å². The minimum atomic E-state index is -2.86. The number of carbonyl (C=O) groups is 2. The highest BCUT2D eigenvalue weighted by molar-refractivity contribution is 5.90. The van der Waals surface area contributed by atoms with Crippen molar-refractivity contribution in [2.45, 2.75) is 31.9 Å². The molecule has 1 aromatic carbocycles. The molecule has 1 aromatic rings. The summed E-state index contributed by atoms with van der Waals surface area (Å²) in [5.41, 5.74) is 1.79. The first-order chi connectivity index (χ1) is 11.4. The highest BCUT2D eigenvalue weighted by Crippen LogP contribution is 2.32. The Morgan fingerprint density at radius 3 is 2.92 bits per heavy atom. The Kier molecular flexibility index (Phi) is 5.89. The Balaban J connectivity index is 2.05. The first-order valence-electron chi connectivity index (χ1n) is 7.65. The van der Waals surface area contributed by atoms with Gasteiger partial charge in [-0.05, 0) is 48.6 Å². The van der Waals surface area contributed by atoms with Crippen LogP contribution in [0, 0.1) is 0 Å². The molecule has 0 fully saturated rings. The molecule has 5 nitrogen and oxygen atoms in total. The molecule has 0 spiro atoms. The van der Waals surface area contributed by atoms with Crippen molar-refractivity contribution in [1.82, 2.24) is 10.2 Å².